The molecule has 1 aliphatic carbocycles. The third kappa shape index (κ3) is 1.70. The summed E-state index contributed by atoms with van der Waals surface area (Å²) < 4.78 is 5.39. The number of rotatable bonds is 2. The Morgan fingerprint density at radius 1 is 1.55 bits per heavy atom. The van der Waals surface area contributed by atoms with Gasteiger partial charge in [0.1, 0.15) is 11.7 Å². The van der Waals surface area contributed by atoms with Crippen LogP contribution in [0.5, 0.6) is 0 Å². The molecule has 0 heterocycles. The first-order chi connectivity index (χ1) is 5.19. The van der Waals surface area contributed by atoms with E-state index in [9.17, 15) is 5.11 Å². The summed E-state index contributed by atoms with van der Waals surface area (Å²) in [7, 11) is 0. The van der Waals surface area contributed by atoms with Gasteiger partial charge in [-0.05, 0) is 13.8 Å². The molecule has 0 fully saturated rings. The van der Waals surface area contributed by atoms with E-state index in [-0.39, 0.29) is 0 Å². The van der Waals surface area contributed by atoms with Gasteiger partial charge in [0, 0.05) is 6.61 Å². The Hall–Kier alpha value is -0.600. The lowest BCUT2D eigenvalue weighted by atomic mass is 9.94. The average molecular weight is 154 g/mol. The summed E-state index contributed by atoms with van der Waals surface area (Å²) in [5, 5.41) is 9.50. The predicted octanol–water partition coefficient (Wildman–Crippen LogP) is 1.27. The highest BCUT2D eigenvalue weighted by Gasteiger charge is 2.30. The summed E-state index contributed by atoms with van der Waals surface area (Å²) in [5.74, 6) is 0. The fourth-order valence-electron chi connectivity index (χ4n) is 1.15. The van der Waals surface area contributed by atoms with Crippen LogP contribution in [0.15, 0.2) is 24.3 Å². The van der Waals surface area contributed by atoms with Gasteiger partial charge in [-0.1, -0.05) is 24.3 Å². The number of allylic oxidation sites excluding steroid dienone is 2. The van der Waals surface area contributed by atoms with Crippen molar-refractivity contribution in [2.75, 3.05) is 6.61 Å². The maximum atomic E-state index is 9.50. The molecule has 11 heavy (non-hydrogen) atoms. The van der Waals surface area contributed by atoms with Crippen LogP contribution >= 0.6 is 0 Å². The second-order valence-electron chi connectivity index (χ2n) is 2.81. The Labute approximate surface area is 67.2 Å². The zero-order valence-electron chi connectivity index (χ0n) is 6.95. The fourth-order valence-corrected chi connectivity index (χ4v) is 1.15. The van der Waals surface area contributed by atoms with Crippen LogP contribution in [0.1, 0.15) is 13.8 Å². The fraction of sp³-hybridized carbons (Fsp3) is 0.556. The van der Waals surface area contributed by atoms with E-state index in [1.165, 1.54) is 0 Å². The van der Waals surface area contributed by atoms with Crippen molar-refractivity contribution < 1.29 is 9.84 Å². The van der Waals surface area contributed by atoms with Crippen LogP contribution in [0.4, 0.5) is 0 Å². The standard InChI is InChI=1S/C9H14O2/c1-3-11-9(2)7-5-4-6-8(9)10/h4-8,10H,3H2,1-2H3. The molecule has 0 radical (unpaired) electrons. The van der Waals surface area contributed by atoms with E-state index in [1.807, 2.05) is 32.1 Å². The second kappa shape index (κ2) is 3.20. The molecule has 2 nitrogen and oxygen atoms in total. The lowest BCUT2D eigenvalue weighted by molar-refractivity contribution is -0.0578. The summed E-state index contributed by atoms with van der Waals surface area (Å²) in [5.41, 5.74) is -0.524. The van der Waals surface area contributed by atoms with E-state index < -0.39 is 11.7 Å². The first kappa shape index (κ1) is 8.50. The van der Waals surface area contributed by atoms with Crippen molar-refractivity contribution in [1.29, 1.82) is 0 Å². The molecule has 0 aromatic rings. The molecule has 2 atom stereocenters. The number of ether oxygens (including phenoxy) is 1. The van der Waals surface area contributed by atoms with Gasteiger partial charge in [0.2, 0.25) is 0 Å². The van der Waals surface area contributed by atoms with E-state index in [0.29, 0.717) is 6.61 Å². The molecule has 2 heteroatoms. The molecule has 62 valence electrons. The van der Waals surface area contributed by atoms with Crippen LogP contribution in [-0.4, -0.2) is 23.4 Å². The summed E-state index contributed by atoms with van der Waals surface area (Å²) >= 11 is 0. The van der Waals surface area contributed by atoms with Crippen molar-refractivity contribution in [3.8, 4) is 0 Å². The number of hydrogen-bond acceptors (Lipinski definition) is 2. The molecular formula is C9H14O2. The van der Waals surface area contributed by atoms with Crippen LogP contribution in [0.25, 0.3) is 0 Å². The molecule has 0 aliphatic heterocycles. The third-order valence-electron chi connectivity index (χ3n) is 1.87. The second-order valence-corrected chi connectivity index (χ2v) is 2.81. The SMILES string of the molecule is CCOC1(C)C=CC=CC1O. The smallest absolute Gasteiger partial charge is 0.113 e. The molecule has 2 unspecified atom stereocenters. The number of aliphatic hydroxyl groups excluding tert-OH is 1. The van der Waals surface area contributed by atoms with Crippen molar-refractivity contribution in [3.63, 3.8) is 0 Å². The summed E-state index contributed by atoms with van der Waals surface area (Å²) in [6.45, 7) is 4.41. The van der Waals surface area contributed by atoms with E-state index in [2.05, 4.69) is 0 Å². The van der Waals surface area contributed by atoms with Gasteiger partial charge < -0.3 is 9.84 Å². The van der Waals surface area contributed by atoms with Crippen LogP contribution in [0.3, 0.4) is 0 Å². The maximum absolute atomic E-state index is 9.50. The predicted molar refractivity (Wildman–Crippen MR) is 44.3 cm³/mol. The van der Waals surface area contributed by atoms with Crippen LogP contribution < -0.4 is 0 Å². The Kier molecular flexibility index (Phi) is 2.47. The molecule has 0 aromatic heterocycles. The summed E-state index contributed by atoms with van der Waals surface area (Å²) in [6, 6.07) is 0. The average Bonchev–Trinajstić information content (AvgIpc) is 1.96. The highest BCUT2D eigenvalue weighted by Crippen LogP contribution is 2.21. The van der Waals surface area contributed by atoms with Crippen LogP contribution in [0.2, 0.25) is 0 Å². The zero-order chi connectivity index (χ0) is 8.32. The molecule has 0 aromatic carbocycles. The Morgan fingerprint density at radius 3 is 2.82 bits per heavy atom. The van der Waals surface area contributed by atoms with E-state index in [4.69, 9.17) is 4.74 Å². The van der Waals surface area contributed by atoms with Gasteiger partial charge >= 0.3 is 0 Å². The monoisotopic (exact) mass is 154 g/mol. The molecule has 0 saturated carbocycles. The maximum Gasteiger partial charge on any atom is 0.113 e. The minimum absolute atomic E-state index is 0.521. The minimum atomic E-state index is -0.524. The molecular weight excluding hydrogens is 140 g/mol. The van der Waals surface area contributed by atoms with Crippen molar-refractivity contribution >= 4 is 0 Å². The normalized spacial score (nSPS) is 36.1. The topological polar surface area (TPSA) is 29.5 Å². The number of aliphatic hydroxyl groups is 1. The highest BCUT2D eigenvalue weighted by atomic mass is 16.5. The Balaban J connectivity index is 2.68. The van der Waals surface area contributed by atoms with E-state index >= 15 is 0 Å². The van der Waals surface area contributed by atoms with E-state index in [0.717, 1.165) is 0 Å². The minimum Gasteiger partial charge on any atom is -0.386 e. The molecule has 1 rings (SSSR count). The van der Waals surface area contributed by atoms with Gasteiger partial charge in [-0.2, -0.15) is 0 Å². The van der Waals surface area contributed by atoms with Gasteiger partial charge in [-0.3, -0.25) is 0 Å². The Morgan fingerprint density at radius 2 is 2.27 bits per heavy atom. The van der Waals surface area contributed by atoms with Gasteiger partial charge in [0.25, 0.3) is 0 Å². The van der Waals surface area contributed by atoms with Crippen molar-refractivity contribution in [1.82, 2.24) is 0 Å². The number of hydrogen-bond donors (Lipinski definition) is 1. The largest absolute Gasteiger partial charge is 0.386 e. The molecule has 0 saturated heterocycles. The van der Waals surface area contributed by atoms with Crippen LogP contribution in [0, 0.1) is 0 Å². The highest BCUT2D eigenvalue weighted by molar-refractivity contribution is 5.21. The Bertz CT molecular complexity index is 184. The zero-order valence-corrected chi connectivity index (χ0v) is 6.95. The van der Waals surface area contributed by atoms with Crippen molar-refractivity contribution in [2.24, 2.45) is 0 Å². The molecule has 0 bridgehead atoms. The summed E-state index contributed by atoms with van der Waals surface area (Å²) in [4.78, 5) is 0. The third-order valence-corrected chi connectivity index (χ3v) is 1.87. The summed E-state index contributed by atoms with van der Waals surface area (Å²) in [6.07, 6.45) is 6.80. The van der Waals surface area contributed by atoms with Gasteiger partial charge in [-0.15, -0.1) is 0 Å². The van der Waals surface area contributed by atoms with Crippen molar-refractivity contribution in [2.45, 2.75) is 25.6 Å². The first-order valence-electron chi connectivity index (χ1n) is 3.87. The molecule has 0 amide bonds. The van der Waals surface area contributed by atoms with Gasteiger partial charge in [-0.25, -0.2) is 0 Å². The quantitative estimate of drug-likeness (QED) is 0.649. The van der Waals surface area contributed by atoms with Crippen LogP contribution in [-0.2, 0) is 4.74 Å². The molecule has 1 aliphatic rings. The van der Waals surface area contributed by atoms with E-state index in [1.54, 1.807) is 6.08 Å². The lowest BCUT2D eigenvalue weighted by Crippen LogP contribution is -2.40. The molecule has 0 spiro atoms. The molecule has 1 N–H and O–H groups in total. The lowest BCUT2D eigenvalue weighted by Gasteiger charge is -2.31. The van der Waals surface area contributed by atoms with Crippen molar-refractivity contribution in [3.05, 3.63) is 24.3 Å². The van der Waals surface area contributed by atoms with Gasteiger partial charge in [0.05, 0.1) is 0 Å². The van der Waals surface area contributed by atoms with Gasteiger partial charge in [0.15, 0.2) is 0 Å². The first-order valence-corrected chi connectivity index (χ1v) is 3.87.